The van der Waals surface area contributed by atoms with Crippen molar-refractivity contribution in [2.24, 2.45) is 17.3 Å². The number of aromatic nitrogens is 2. The molecule has 1 radical (unpaired) electrons. The first-order chi connectivity index (χ1) is 21.2. The normalized spacial score (nSPS) is 12.6. The second-order valence-electron chi connectivity index (χ2n) is 13.6. The molecule has 5 aromatic rings. The summed E-state index contributed by atoms with van der Waals surface area (Å²) in [5, 5.41) is 11.8. The molecule has 46 heavy (non-hydrogen) atoms. The van der Waals surface area contributed by atoms with Crippen molar-refractivity contribution in [3.63, 3.8) is 0 Å². The van der Waals surface area contributed by atoms with Crippen molar-refractivity contribution in [3.05, 3.63) is 70.9 Å². The molecule has 5 nitrogen and oxygen atoms in total. The molecule has 0 spiro atoms. The van der Waals surface area contributed by atoms with Crippen LogP contribution < -0.4 is 0 Å². The fraction of sp³-hybridized carbons (Fsp3) is 0.462. The Kier molecular flexibility index (Phi) is 12.6. The molecule has 0 aliphatic rings. The molecule has 0 aliphatic carbocycles. The van der Waals surface area contributed by atoms with E-state index in [1.54, 1.807) is 0 Å². The van der Waals surface area contributed by atoms with Crippen LogP contribution in [-0.2, 0) is 30.3 Å². The van der Waals surface area contributed by atoms with Crippen molar-refractivity contribution in [1.82, 2.24) is 9.97 Å². The zero-order chi connectivity index (χ0) is 33.1. The number of ketones is 1. The summed E-state index contributed by atoms with van der Waals surface area (Å²) in [6, 6.07) is 17.9. The summed E-state index contributed by atoms with van der Waals surface area (Å²) in [5.74, 6) is 0.547. The topological polar surface area (TPSA) is 76.2 Å². The van der Waals surface area contributed by atoms with E-state index in [1.807, 2.05) is 64.2 Å². The molecule has 249 valence electrons. The zero-order valence-electron chi connectivity index (χ0n) is 29.0. The predicted octanol–water partition coefficient (Wildman–Crippen LogP) is 11.6. The molecular formula is C39H49IrN2O3S-. The van der Waals surface area contributed by atoms with E-state index in [9.17, 15) is 9.90 Å². The van der Waals surface area contributed by atoms with Crippen molar-refractivity contribution >= 4 is 49.4 Å². The van der Waals surface area contributed by atoms with Gasteiger partial charge < -0.3 is 9.52 Å². The van der Waals surface area contributed by atoms with Crippen LogP contribution in [-0.4, -0.2) is 20.9 Å². The van der Waals surface area contributed by atoms with Crippen molar-refractivity contribution in [2.45, 2.75) is 100 Å². The van der Waals surface area contributed by atoms with Crippen LogP contribution in [0.2, 0.25) is 0 Å². The smallest absolute Gasteiger partial charge is 0.216 e. The first-order valence-electron chi connectivity index (χ1n) is 16.3. The number of fused-ring (bicyclic) bond motifs is 4. The average molecular weight is 818 g/mol. The average Bonchev–Trinajstić information content (AvgIpc) is 3.59. The van der Waals surface area contributed by atoms with E-state index in [4.69, 9.17) is 9.40 Å². The van der Waals surface area contributed by atoms with Gasteiger partial charge in [0.15, 0.2) is 5.78 Å². The number of aliphatic hydroxyl groups excluding tert-OH is 1. The van der Waals surface area contributed by atoms with Crippen molar-refractivity contribution in [2.75, 3.05) is 0 Å². The first kappa shape index (κ1) is 37.6. The quantitative estimate of drug-likeness (QED) is 0.0911. The minimum Gasteiger partial charge on any atom is -0.512 e. The maximum Gasteiger partial charge on any atom is 0.216 e. The summed E-state index contributed by atoms with van der Waals surface area (Å²) in [5.41, 5.74) is 5.41. The Balaban J connectivity index is 0.000000309. The SMILES string of the molecule is CCC(CC)C(=O)/C=C(\O)C(CC)CC.Cc1ccc2c(n1)oc1c(-c3ccc4sc(C(C)(C)C(C)(C)C)cc4n3)[c-]ccc12.[Ir]. The molecule has 1 aromatic carbocycles. The fourth-order valence-electron chi connectivity index (χ4n) is 5.43. The number of allylic oxidation sites excluding steroid dienone is 2. The van der Waals surface area contributed by atoms with Crippen LogP contribution in [0.25, 0.3) is 43.5 Å². The molecular weight excluding hydrogens is 769 g/mol. The second-order valence-corrected chi connectivity index (χ2v) is 14.7. The van der Waals surface area contributed by atoms with Crippen molar-refractivity contribution in [3.8, 4) is 11.3 Å². The number of aryl methyl sites for hydroxylation is 1. The van der Waals surface area contributed by atoms with Gasteiger partial charge in [-0.1, -0.05) is 79.3 Å². The maximum atomic E-state index is 11.7. The number of benzene rings is 1. The summed E-state index contributed by atoms with van der Waals surface area (Å²) >= 11 is 1.84. The molecule has 0 amide bonds. The van der Waals surface area contributed by atoms with Gasteiger partial charge in [0.05, 0.1) is 21.6 Å². The van der Waals surface area contributed by atoms with Gasteiger partial charge in [0.2, 0.25) is 5.71 Å². The van der Waals surface area contributed by atoms with E-state index in [2.05, 4.69) is 69.9 Å². The number of hydrogen-bond donors (Lipinski definition) is 1. The largest absolute Gasteiger partial charge is 0.512 e. The Morgan fingerprint density at radius 1 is 0.935 bits per heavy atom. The van der Waals surface area contributed by atoms with E-state index in [1.165, 1.54) is 15.7 Å². The zero-order valence-corrected chi connectivity index (χ0v) is 32.2. The summed E-state index contributed by atoms with van der Waals surface area (Å²) in [6.45, 7) is 21.6. The number of rotatable bonds is 9. The van der Waals surface area contributed by atoms with Gasteiger partial charge in [0.1, 0.15) is 0 Å². The summed E-state index contributed by atoms with van der Waals surface area (Å²) in [7, 11) is 0. The third-order valence-corrected chi connectivity index (χ3v) is 11.1. The van der Waals surface area contributed by atoms with Crippen molar-refractivity contribution < 1.29 is 34.4 Å². The van der Waals surface area contributed by atoms with E-state index in [-0.39, 0.29) is 54.3 Å². The van der Waals surface area contributed by atoms with Gasteiger partial charge in [-0.05, 0) is 68.0 Å². The van der Waals surface area contributed by atoms with E-state index in [0.29, 0.717) is 5.71 Å². The molecule has 5 rings (SSSR count). The summed E-state index contributed by atoms with van der Waals surface area (Å²) < 4.78 is 7.36. The summed E-state index contributed by atoms with van der Waals surface area (Å²) in [4.78, 5) is 22.6. The number of furan rings is 1. The fourth-order valence-corrected chi connectivity index (χ4v) is 6.74. The van der Waals surface area contributed by atoms with Gasteiger partial charge in [-0.15, -0.1) is 29.5 Å². The number of thiophene rings is 1. The Labute approximate surface area is 292 Å². The Bertz CT molecular complexity index is 1820. The third-order valence-electron chi connectivity index (χ3n) is 9.64. The molecule has 4 heterocycles. The molecule has 4 aromatic heterocycles. The van der Waals surface area contributed by atoms with Crippen LogP contribution in [0.5, 0.6) is 0 Å². The number of aliphatic hydroxyl groups is 1. The first-order valence-corrected chi connectivity index (χ1v) is 17.1. The summed E-state index contributed by atoms with van der Waals surface area (Å²) in [6.07, 6.45) is 4.91. The molecule has 0 saturated heterocycles. The van der Waals surface area contributed by atoms with Gasteiger partial charge in [0.25, 0.3) is 0 Å². The number of carbonyl (C=O) groups is 1. The van der Waals surface area contributed by atoms with Crippen LogP contribution in [0.4, 0.5) is 0 Å². The third kappa shape index (κ3) is 7.81. The minimum atomic E-state index is 0. The molecule has 0 aliphatic heterocycles. The van der Waals surface area contributed by atoms with Crippen LogP contribution >= 0.6 is 11.3 Å². The molecule has 0 unspecified atom stereocenters. The van der Waals surface area contributed by atoms with Gasteiger partial charge in [-0.2, -0.15) is 0 Å². The molecule has 0 atom stereocenters. The molecule has 1 N–H and O–H groups in total. The molecule has 0 saturated carbocycles. The van der Waals surface area contributed by atoms with Crippen LogP contribution in [0.1, 0.15) is 98.6 Å². The molecule has 0 fully saturated rings. The maximum absolute atomic E-state index is 11.7. The van der Waals surface area contributed by atoms with Gasteiger partial charge >= 0.3 is 0 Å². The number of hydrogen-bond acceptors (Lipinski definition) is 6. The minimum absolute atomic E-state index is 0. The Hall–Kier alpha value is -2.86. The van der Waals surface area contributed by atoms with Gasteiger partial charge in [0, 0.05) is 59.4 Å². The van der Waals surface area contributed by atoms with Gasteiger partial charge in [-0.25, -0.2) is 4.98 Å². The van der Waals surface area contributed by atoms with E-state index in [0.717, 1.165) is 64.5 Å². The van der Waals surface area contributed by atoms with E-state index < -0.39 is 0 Å². The van der Waals surface area contributed by atoms with Crippen LogP contribution in [0.3, 0.4) is 0 Å². The second kappa shape index (κ2) is 15.4. The monoisotopic (exact) mass is 818 g/mol. The van der Waals surface area contributed by atoms with Crippen molar-refractivity contribution in [1.29, 1.82) is 0 Å². The predicted molar refractivity (Wildman–Crippen MR) is 190 cm³/mol. The molecule has 7 heteroatoms. The van der Waals surface area contributed by atoms with Crippen LogP contribution in [0.15, 0.2) is 58.7 Å². The Morgan fingerprint density at radius 2 is 1.59 bits per heavy atom. The molecule has 0 bridgehead atoms. The standard InChI is InChI=1S/C26H25N2OS.C13H24O2.Ir/c1-15-10-11-17-16-8-7-9-18(23(16)29-24(17)27-15)19-12-13-21-20(28-19)14-22(30-21)26(5,6)25(2,3)4;1-5-10(6-2)12(14)9-13(15)11(7-3)8-4;/h7-8,10-14H,1-6H3;9-11,14H,5-8H2,1-4H3;/q-1;;/b;12-9-;. The number of nitrogens with zero attached hydrogens (tertiary/aromatic N) is 2. The Morgan fingerprint density at radius 3 is 2.20 bits per heavy atom. The van der Waals surface area contributed by atoms with E-state index >= 15 is 0 Å². The number of carbonyl (C=O) groups excluding carboxylic acids is 1. The van der Waals surface area contributed by atoms with Gasteiger partial charge in [-0.3, -0.25) is 9.78 Å². The number of pyridine rings is 2. The van der Waals surface area contributed by atoms with Crippen LogP contribution in [0, 0.1) is 30.2 Å².